The molecule has 20 heavy (non-hydrogen) atoms. The van der Waals surface area contributed by atoms with E-state index < -0.39 is 17.4 Å². The van der Waals surface area contributed by atoms with Crippen molar-refractivity contribution in [3.8, 4) is 0 Å². The van der Waals surface area contributed by atoms with Crippen molar-refractivity contribution in [3.63, 3.8) is 0 Å². The van der Waals surface area contributed by atoms with Crippen LogP contribution in [0.4, 0.5) is 4.79 Å². The monoisotopic (exact) mass is 282 g/mol. The molecule has 0 aromatic carbocycles. The summed E-state index contributed by atoms with van der Waals surface area (Å²) >= 11 is 0. The minimum Gasteiger partial charge on any atom is -0.384 e. The quantitative estimate of drug-likeness (QED) is 0.789. The molecule has 1 atom stereocenters. The van der Waals surface area contributed by atoms with Gasteiger partial charge in [0, 0.05) is 13.7 Å². The van der Waals surface area contributed by atoms with Gasteiger partial charge in [-0.15, -0.1) is 0 Å². The Morgan fingerprint density at radius 1 is 1.25 bits per heavy atom. The molecule has 1 aliphatic heterocycles. The first kappa shape index (κ1) is 15.0. The molecule has 0 radical (unpaired) electrons. The van der Waals surface area contributed by atoms with Crippen molar-refractivity contribution in [2.45, 2.75) is 39.0 Å². The van der Waals surface area contributed by atoms with Crippen LogP contribution >= 0.6 is 0 Å². The molecule has 6 heteroatoms. The van der Waals surface area contributed by atoms with Crippen molar-refractivity contribution in [1.29, 1.82) is 0 Å². The molecule has 1 unspecified atom stereocenters. The highest BCUT2D eigenvalue weighted by atomic mass is 16.5. The molecule has 1 saturated heterocycles. The molecule has 1 saturated carbocycles. The van der Waals surface area contributed by atoms with Crippen molar-refractivity contribution < 1.29 is 19.1 Å². The number of ether oxygens (including phenoxy) is 1. The Kier molecular flexibility index (Phi) is 4.42. The number of imide groups is 2. The maximum absolute atomic E-state index is 12.7. The second-order valence-corrected chi connectivity index (χ2v) is 5.88. The smallest absolute Gasteiger partial charge is 0.330 e. The molecular formula is C14H22N2O4. The van der Waals surface area contributed by atoms with Gasteiger partial charge in [-0.05, 0) is 18.8 Å². The normalized spacial score (nSPS) is 23.9. The zero-order valence-corrected chi connectivity index (χ0v) is 12.1. The first-order chi connectivity index (χ1) is 9.51. The van der Waals surface area contributed by atoms with E-state index >= 15 is 0 Å². The largest absolute Gasteiger partial charge is 0.384 e. The van der Waals surface area contributed by atoms with Gasteiger partial charge in [-0.25, -0.2) is 4.79 Å². The van der Waals surface area contributed by atoms with Crippen LogP contribution < -0.4 is 5.32 Å². The second kappa shape index (κ2) is 5.91. The average Bonchev–Trinajstić information content (AvgIpc) is 2.43. The molecule has 0 bridgehead atoms. The number of barbiturate groups is 1. The van der Waals surface area contributed by atoms with Crippen molar-refractivity contribution in [3.05, 3.63) is 0 Å². The van der Waals surface area contributed by atoms with E-state index in [1.807, 2.05) is 6.92 Å². The summed E-state index contributed by atoms with van der Waals surface area (Å²) in [7, 11) is 1.58. The number of urea groups is 1. The summed E-state index contributed by atoms with van der Waals surface area (Å²) in [5.41, 5.74) is -1.01. The van der Waals surface area contributed by atoms with Crippen LogP contribution in [0.5, 0.6) is 0 Å². The third-order valence-corrected chi connectivity index (χ3v) is 4.21. The van der Waals surface area contributed by atoms with E-state index in [-0.39, 0.29) is 18.4 Å². The number of rotatable bonds is 4. The van der Waals surface area contributed by atoms with Gasteiger partial charge in [-0.3, -0.25) is 19.8 Å². The summed E-state index contributed by atoms with van der Waals surface area (Å²) in [6.45, 7) is 2.67. The van der Waals surface area contributed by atoms with Crippen LogP contribution in [0.2, 0.25) is 0 Å². The van der Waals surface area contributed by atoms with E-state index in [1.54, 1.807) is 7.11 Å². The Morgan fingerprint density at radius 2 is 1.90 bits per heavy atom. The number of amides is 4. The zero-order valence-electron chi connectivity index (χ0n) is 12.1. The van der Waals surface area contributed by atoms with E-state index in [0.717, 1.165) is 19.3 Å². The van der Waals surface area contributed by atoms with Crippen LogP contribution in [0.3, 0.4) is 0 Å². The maximum atomic E-state index is 12.7. The maximum Gasteiger partial charge on any atom is 0.330 e. The molecule has 1 aliphatic carbocycles. The van der Waals surface area contributed by atoms with Gasteiger partial charge in [0.05, 0.1) is 6.61 Å². The zero-order chi connectivity index (χ0) is 14.8. The van der Waals surface area contributed by atoms with Crippen LogP contribution in [0.1, 0.15) is 39.0 Å². The topological polar surface area (TPSA) is 75.7 Å². The molecule has 2 aliphatic rings. The van der Waals surface area contributed by atoms with Crippen molar-refractivity contribution in [1.82, 2.24) is 10.2 Å². The Labute approximate surface area is 118 Å². The first-order valence-corrected chi connectivity index (χ1v) is 7.17. The number of carbonyl (C=O) groups excluding carboxylic acids is 3. The van der Waals surface area contributed by atoms with E-state index in [4.69, 9.17) is 4.74 Å². The molecule has 1 heterocycles. The van der Waals surface area contributed by atoms with E-state index in [2.05, 4.69) is 5.32 Å². The average molecular weight is 282 g/mol. The van der Waals surface area contributed by atoms with Crippen molar-refractivity contribution in [2.24, 2.45) is 11.3 Å². The first-order valence-electron chi connectivity index (χ1n) is 7.17. The standard InChI is InChI=1S/C14H22N2O4/c1-10(9-20-2)8-16-12(18)14(6-4-3-5-7-14)11(17)15-13(16)19/h10H,3-9H2,1-2H3,(H,15,17,19). The van der Waals surface area contributed by atoms with E-state index in [1.165, 1.54) is 4.90 Å². The molecule has 4 amide bonds. The number of nitrogens with zero attached hydrogens (tertiary/aromatic N) is 1. The van der Waals surface area contributed by atoms with Gasteiger partial charge in [0.15, 0.2) is 0 Å². The van der Waals surface area contributed by atoms with Crippen molar-refractivity contribution >= 4 is 17.8 Å². The molecule has 1 spiro atoms. The summed E-state index contributed by atoms with van der Waals surface area (Å²) < 4.78 is 5.04. The summed E-state index contributed by atoms with van der Waals surface area (Å²) in [5.74, 6) is -0.694. The molecule has 2 fully saturated rings. The number of methoxy groups -OCH3 is 1. The Bertz CT molecular complexity index is 415. The molecule has 1 N–H and O–H groups in total. The van der Waals surface area contributed by atoms with Gasteiger partial charge in [-0.2, -0.15) is 0 Å². The minimum absolute atomic E-state index is 0.0449. The minimum atomic E-state index is -1.01. The van der Waals surface area contributed by atoms with Gasteiger partial charge in [0.25, 0.3) is 0 Å². The molecule has 0 aromatic rings. The SMILES string of the molecule is COCC(C)CN1C(=O)NC(=O)C2(CCCCC2)C1=O. The van der Waals surface area contributed by atoms with E-state index in [0.29, 0.717) is 19.4 Å². The van der Waals surface area contributed by atoms with Crippen LogP contribution in [0.25, 0.3) is 0 Å². The second-order valence-electron chi connectivity index (χ2n) is 5.88. The lowest BCUT2D eigenvalue weighted by atomic mass is 9.71. The number of carbonyl (C=O) groups is 3. The molecule has 6 nitrogen and oxygen atoms in total. The highest BCUT2D eigenvalue weighted by molar-refractivity contribution is 6.19. The number of nitrogens with one attached hydrogen (secondary N) is 1. The fraction of sp³-hybridized carbons (Fsp3) is 0.786. The lowest BCUT2D eigenvalue weighted by molar-refractivity contribution is -0.154. The summed E-state index contributed by atoms with van der Waals surface area (Å²) in [4.78, 5) is 37.9. The van der Waals surface area contributed by atoms with Gasteiger partial charge in [-0.1, -0.05) is 26.2 Å². The van der Waals surface area contributed by atoms with Crippen molar-refractivity contribution in [2.75, 3.05) is 20.3 Å². The Balaban J connectivity index is 2.18. The summed E-state index contributed by atoms with van der Waals surface area (Å²) in [6.07, 6.45) is 3.83. The lowest BCUT2D eigenvalue weighted by Gasteiger charge is -2.41. The fourth-order valence-corrected chi connectivity index (χ4v) is 3.14. The van der Waals surface area contributed by atoms with Crippen LogP contribution in [0, 0.1) is 11.3 Å². The summed E-state index contributed by atoms with van der Waals surface area (Å²) in [6, 6.07) is -0.598. The third kappa shape index (κ3) is 2.57. The van der Waals surface area contributed by atoms with Gasteiger partial charge < -0.3 is 4.74 Å². The highest BCUT2D eigenvalue weighted by Gasteiger charge is 2.53. The predicted octanol–water partition coefficient (Wildman–Crippen LogP) is 1.30. The molecule has 0 aromatic heterocycles. The molecule has 112 valence electrons. The van der Waals surface area contributed by atoms with Crippen LogP contribution in [0.15, 0.2) is 0 Å². The lowest BCUT2D eigenvalue weighted by Crippen LogP contribution is -2.65. The molecular weight excluding hydrogens is 260 g/mol. The number of hydrogen-bond donors (Lipinski definition) is 1. The highest BCUT2D eigenvalue weighted by Crippen LogP contribution is 2.40. The fourth-order valence-electron chi connectivity index (χ4n) is 3.14. The van der Waals surface area contributed by atoms with Crippen LogP contribution in [-0.2, 0) is 14.3 Å². The Hall–Kier alpha value is -1.43. The van der Waals surface area contributed by atoms with Gasteiger partial charge in [0.2, 0.25) is 11.8 Å². The number of hydrogen-bond acceptors (Lipinski definition) is 4. The van der Waals surface area contributed by atoms with Gasteiger partial charge >= 0.3 is 6.03 Å². The van der Waals surface area contributed by atoms with Crippen LogP contribution in [-0.4, -0.2) is 43.0 Å². The third-order valence-electron chi connectivity index (χ3n) is 4.21. The van der Waals surface area contributed by atoms with Gasteiger partial charge in [0.1, 0.15) is 5.41 Å². The van der Waals surface area contributed by atoms with E-state index in [9.17, 15) is 14.4 Å². The molecule has 2 rings (SSSR count). The Morgan fingerprint density at radius 3 is 2.50 bits per heavy atom. The predicted molar refractivity (Wildman–Crippen MR) is 71.8 cm³/mol. The summed E-state index contributed by atoms with van der Waals surface area (Å²) in [5, 5.41) is 2.35.